The third-order valence-corrected chi connectivity index (χ3v) is 5.27. The van der Waals surface area contributed by atoms with Crippen molar-refractivity contribution in [1.82, 2.24) is 0 Å². The maximum absolute atomic E-state index is 6.12. The second-order valence-corrected chi connectivity index (χ2v) is 7.59. The van der Waals surface area contributed by atoms with Crippen LogP contribution >= 0.6 is 0 Å². The Labute approximate surface area is 179 Å². The highest BCUT2D eigenvalue weighted by Gasteiger charge is 2.41. The molecule has 168 valence electrons. The molecule has 0 aliphatic rings. The topological polar surface area (TPSA) is 39.7 Å². The van der Waals surface area contributed by atoms with Crippen LogP contribution in [0.4, 0.5) is 5.69 Å². The van der Waals surface area contributed by atoms with Crippen molar-refractivity contribution in [2.45, 2.75) is 91.5 Å². The van der Waals surface area contributed by atoms with Crippen LogP contribution in [-0.4, -0.2) is 32.3 Å². The molecule has 4 nitrogen and oxygen atoms in total. The number of nitrogens with one attached hydrogen (secondary N) is 1. The number of hydrogen-bond acceptors (Lipinski definition) is 4. The van der Waals surface area contributed by atoms with Crippen molar-refractivity contribution < 1.29 is 14.2 Å². The van der Waals surface area contributed by atoms with Crippen LogP contribution in [0.5, 0.6) is 0 Å². The first-order valence-electron chi connectivity index (χ1n) is 11.9. The molecule has 1 aromatic carbocycles. The highest BCUT2D eigenvalue weighted by atomic mass is 16.9. The molecule has 4 heteroatoms. The number of unbranched alkanes of at least 4 members (excludes halogenated alkanes) is 5. The zero-order valence-corrected chi connectivity index (χ0v) is 19.4. The first kappa shape index (κ1) is 25.9. The fourth-order valence-corrected chi connectivity index (χ4v) is 3.89. The molecule has 0 saturated carbocycles. The lowest BCUT2D eigenvalue weighted by Gasteiger charge is -2.39. The lowest BCUT2D eigenvalue weighted by molar-refractivity contribution is -0.403. The van der Waals surface area contributed by atoms with E-state index in [1.54, 1.807) is 0 Å². The molecular formula is C25H45NO3. The average molecular weight is 408 g/mol. The Balaban J connectivity index is 2.65. The molecule has 0 fully saturated rings. The molecule has 1 aromatic rings. The van der Waals surface area contributed by atoms with Gasteiger partial charge in [0.15, 0.2) is 0 Å². The van der Waals surface area contributed by atoms with Gasteiger partial charge < -0.3 is 19.5 Å². The molecular weight excluding hydrogens is 362 g/mol. The highest BCUT2D eigenvalue weighted by molar-refractivity contribution is 5.42. The molecule has 0 aromatic heterocycles. The normalized spacial score (nSPS) is 12.8. The quantitative estimate of drug-likeness (QED) is 0.198. The predicted molar refractivity (Wildman–Crippen MR) is 123 cm³/mol. The number of rotatable bonds is 19. The van der Waals surface area contributed by atoms with Crippen LogP contribution in [0.25, 0.3) is 0 Å². The standard InChI is InChI=1S/C25H45NO3/c1-5-9-10-11-12-14-18-23(25(27-6-2,28-7-3)29-8-4)19-17-22-26-24-20-15-13-16-21-24/h13,15-16,20-21,23,26H,5-12,14,17-19,22H2,1-4H3/t23-/m1/s1. The molecule has 0 saturated heterocycles. The van der Waals surface area contributed by atoms with E-state index < -0.39 is 5.97 Å². The van der Waals surface area contributed by atoms with Gasteiger partial charge in [-0.2, -0.15) is 0 Å². The molecule has 1 rings (SSSR count). The molecule has 0 aliphatic heterocycles. The van der Waals surface area contributed by atoms with E-state index in [-0.39, 0.29) is 5.92 Å². The van der Waals surface area contributed by atoms with Crippen molar-refractivity contribution in [3.05, 3.63) is 30.3 Å². The van der Waals surface area contributed by atoms with Crippen molar-refractivity contribution in [3.63, 3.8) is 0 Å². The second-order valence-electron chi connectivity index (χ2n) is 7.59. The summed E-state index contributed by atoms with van der Waals surface area (Å²) in [5.41, 5.74) is 1.17. The first-order chi connectivity index (χ1) is 14.2. The molecule has 1 N–H and O–H groups in total. The zero-order chi connectivity index (χ0) is 21.2. The predicted octanol–water partition coefficient (Wildman–Crippen LogP) is 7.01. The largest absolute Gasteiger partial charge is 0.385 e. The molecule has 0 amide bonds. The Morgan fingerprint density at radius 2 is 1.28 bits per heavy atom. The van der Waals surface area contributed by atoms with Gasteiger partial charge in [-0.3, -0.25) is 0 Å². The van der Waals surface area contributed by atoms with Gasteiger partial charge in [0.1, 0.15) is 0 Å². The summed E-state index contributed by atoms with van der Waals surface area (Å²) >= 11 is 0. The number of ether oxygens (including phenoxy) is 3. The first-order valence-corrected chi connectivity index (χ1v) is 11.9. The van der Waals surface area contributed by atoms with Crippen LogP contribution in [0.1, 0.15) is 85.5 Å². The van der Waals surface area contributed by atoms with Gasteiger partial charge >= 0.3 is 0 Å². The molecule has 0 bridgehead atoms. The molecule has 0 unspecified atom stereocenters. The van der Waals surface area contributed by atoms with Crippen LogP contribution in [0, 0.1) is 5.92 Å². The Kier molecular flexibility index (Phi) is 14.9. The fourth-order valence-electron chi connectivity index (χ4n) is 3.89. The van der Waals surface area contributed by atoms with Crippen LogP contribution < -0.4 is 5.32 Å². The van der Waals surface area contributed by atoms with Crippen LogP contribution in [-0.2, 0) is 14.2 Å². The molecule has 29 heavy (non-hydrogen) atoms. The molecule has 0 spiro atoms. The zero-order valence-electron chi connectivity index (χ0n) is 19.4. The van der Waals surface area contributed by atoms with E-state index >= 15 is 0 Å². The van der Waals surface area contributed by atoms with Gasteiger partial charge in [-0.05, 0) is 52.2 Å². The van der Waals surface area contributed by atoms with Gasteiger partial charge in [-0.15, -0.1) is 0 Å². The summed E-state index contributed by atoms with van der Waals surface area (Å²) in [6, 6.07) is 10.4. The number of hydrogen-bond donors (Lipinski definition) is 1. The van der Waals surface area contributed by atoms with Crippen molar-refractivity contribution in [2.75, 3.05) is 31.7 Å². The van der Waals surface area contributed by atoms with Gasteiger partial charge in [0.2, 0.25) is 0 Å². The molecule has 0 radical (unpaired) electrons. The van der Waals surface area contributed by atoms with Crippen molar-refractivity contribution in [1.29, 1.82) is 0 Å². The van der Waals surface area contributed by atoms with E-state index in [4.69, 9.17) is 14.2 Å². The monoisotopic (exact) mass is 407 g/mol. The minimum atomic E-state index is -0.908. The molecule has 1 atom stereocenters. The summed E-state index contributed by atoms with van der Waals surface area (Å²) in [5, 5.41) is 3.52. The summed E-state index contributed by atoms with van der Waals surface area (Å²) in [7, 11) is 0. The lowest BCUT2D eigenvalue weighted by Crippen LogP contribution is -2.47. The number of anilines is 1. The summed E-state index contributed by atoms with van der Waals surface area (Å²) in [6.45, 7) is 11.0. The summed E-state index contributed by atoms with van der Waals surface area (Å²) in [5.74, 6) is -0.667. The van der Waals surface area contributed by atoms with Gasteiger partial charge in [-0.25, -0.2) is 0 Å². The maximum atomic E-state index is 6.12. The Bertz CT molecular complexity index is 463. The number of para-hydroxylation sites is 1. The minimum absolute atomic E-state index is 0.242. The second kappa shape index (κ2) is 16.7. The number of benzene rings is 1. The fraction of sp³-hybridized carbons (Fsp3) is 0.760. The van der Waals surface area contributed by atoms with E-state index in [0.717, 1.165) is 25.8 Å². The summed E-state index contributed by atoms with van der Waals surface area (Å²) in [6.07, 6.45) is 10.9. The van der Waals surface area contributed by atoms with Gasteiger partial charge in [0, 0.05) is 38.0 Å². The third-order valence-electron chi connectivity index (χ3n) is 5.27. The van der Waals surface area contributed by atoms with Gasteiger partial charge in [0.05, 0.1) is 0 Å². The van der Waals surface area contributed by atoms with Gasteiger partial charge in [0.25, 0.3) is 5.97 Å². The SMILES string of the molecule is CCCCCCCC[C@H](CCCNc1ccccc1)C(OCC)(OCC)OCC. The van der Waals surface area contributed by atoms with Crippen molar-refractivity contribution >= 4 is 5.69 Å². The average Bonchev–Trinajstić information content (AvgIpc) is 2.73. The Morgan fingerprint density at radius 3 is 1.86 bits per heavy atom. The van der Waals surface area contributed by atoms with E-state index in [1.807, 2.05) is 26.8 Å². The van der Waals surface area contributed by atoms with Crippen LogP contribution in [0.15, 0.2) is 30.3 Å². The summed E-state index contributed by atoms with van der Waals surface area (Å²) < 4.78 is 18.4. The van der Waals surface area contributed by atoms with Crippen LogP contribution in [0.2, 0.25) is 0 Å². The summed E-state index contributed by atoms with van der Waals surface area (Å²) in [4.78, 5) is 0. The van der Waals surface area contributed by atoms with E-state index in [1.165, 1.54) is 44.2 Å². The van der Waals surface area contributed by atoms with E-state index in [2.05, 4.69) is 36.5 Å². The smallest absolute Gasteiger partial charge is 0.285 e. The molecule has 0 aliphatic carbocycles. The minimum Gasteiger partial charge on any atom is -0.385 e. The van der Waals surface area contributed by atoms with E-state index in [0.29, 0.717) is 19.8 Å². The third kappa shape index (κ3) is 10.5. The van der Waals surface area contributed by atoms with Crippen LogP contribution in [0.3, 0.4) is 0 Å². The Hall–Kier alpha value is -1.10. The van der Waals surface area contributed by atoms with Gasteiger partial charge in [-0.1, -0.05) is 63.6 Å². The highest BCUT2D eigenvalue weighted by Crippen LogP contribution is 2.34. The van der Waals surface area contributed by atoms with E-state index in [9.17, 15) is 0 Å². The Morgan fingerprint density at radius 1 is 0.724 bits per heavy atom. The van der Waals surface area contributed by atoms with Crippen molar-refractivity contribution in [2.24, 2.45) is 5.92 Å². The maximum Gasteiger partial charge on any atom is 0.285 e. The molecule has 0 heterocycles. The van der Waals surface area contributed by atoms with Crippen molar-refractivity contribution in [3.8, 4) is 0 Å². The lowest BCUT2D eigenvalue weighted by atomic mass is 9.92.